The van der Waals surface area contributed by atoms with E-state index in [2.05, 4.69) is 47.8 Å². The Labute approximate surface area is 128 Å². The highest BCUT2D eigenvalue weighted by Gasteiger charge is 1.99. The van der Waals surface area contributed by atoms with Crippen LogP contribution in [0.2, 0.25) is 0 Å². The molecule has 0 aliphatic carbocycles. The fourth-order valence-corrected chi connectivity index (χ4v) is 2.45. The SMILES string of the molecule is CCCCCCCCNc1cnn(Cc2ccccc2)c1. The number of nitrogens with zero attached hydrogens (tertiary/aromatic N) is 2. The minimum Gasteiger partial charge on any atom is -0.383 e. The number of hydrogen-bond acceptors (Lipinski definition) is 2. The summed E-state index contributed by atoms with van der Waals surface area (Å²) in [6.07, 6.45) is 12.0. The minimum absolute atomic E-state index is 0.833. The third-order valence-corrected chi connectivity index (χ3v) is 3.68. The molecule has 0 bridgehead atoms. The molecule has 0 aliphatic rings. The first-order valence-corrected chi connectivity index (χ1v) is 8.18. The van der Waals surface area contributed by atoms with E-state index in [0.717, 1.165) is 18.8 Å². The van der Waals surface area contributed by atoms with Crippen LogP contribution in [-0.2, 0) is 6.54 Å². The van der Waals surface area contributed by atoms with E-state index in [4.69, 9.17) is 0 Å². The standard InChI is InChI=1S/C18H27N3/c1-2-3-4-5-6-10-13-19-18-14-20-21(16-18)15-17-11-8-7-9-12-17/h7-9,11-12,14,16,19H,2-6,10,13,15H2,1H3. The zero-order chi connectivity index (χ0) is 14.8. The molecule has 3 heteroatoms. The van der Waals surface area contributed by atoms with Gasteiger partial charge in [-0.05, 0) is 12.0 Å². The van der Waals surface area contributed by atoms with Crippen molar-refractivity contribution in [1.29, 1.82) is 0 Å². The smallest absolute Gasteiger partial charge is 0.0726 e. The van der Waals surface area contributed by atoms with Gasteiger partial charge in [0.1, 0.15) is 0 Å². The second kappa shape index (κ2) is 9.22. The Kier molecular flexibility index (Phi) is 6.85. The van der Waals surface area contributed by atoms with E-state index in [1.165, 1.54) is 44.1 Å². The second-order valence-corrected chi connectivity index (χ2v) is 5.61. The normalized spacial score (nSPS) is 10.7. The van der Waals surface area contributed by atoms with Crippen LogP contribution in [0.4, 0.5) is 5.69 Å². The lowest BCUT2D eigenvalue weighted by atomic mass is 10.1. The number of aromatic nitrogens is 2. The van der Waals surface area contributed by atoms with Gasteiger partial charge in [0, 0.05) is 12.7 Å². The zero-order valence-corrected chi connectivity index (χ0v) is 13.1. The molecular formula is C18H27N3. The van der Waals surface area contributed by atoms with Gasteiger partial charge in [-0.2, -0.15) is 5.10 Å². The maximum absolute atomic E-state index is 4.41. The maximum atomic E-state index is 4.41. The molecule has 0 aliphatic heterocycles. The van der Waals surface area contributed by atoms with E-state index < -0.39 is 0 Å². The molecule has 0 unspecified atom stereocenters. The molecule has 2 rings (SSSR count). The molecule has 0 saturated carbocycles. The average Bonchev–Trinajstić information content (AvgIpc) is 2.95. The molecule has 3 nitrogen and oxygen atoms in total. The van der Waals surface area contributed by atoms with Crippen molar-refractivity contribution in [3.8, 4) is 0 Å². The molecule has 0 amide bonds. The first-order chi connectivity index (χ1) is 10.4. The molecule has 1 aromatic carbocycles. The fourth-order valence-electron chi connectivity index (χ4n) is 2.45. The van der Waals surface area contributed by atoms with E-state index in [0.29, 0.717) is 0 Å². The Morgan fingerprint density at radius 3 is 2.57 bits per heavy atom. The van der Waals surface area contributed by atoms with Crippen LogP contribution in [0.25, 0.3) is 0 Å². The fraction of sp³-hybridized carbons (Fsp3) is 0.500. The van der Waals surface area contributed by atoms with E-state index in [9.17, 15) is 0 Å². The van der Waals surface area contributed by atoms with Gasteiger partial charge in [0.15, 0.2) is 0 Å². The third kappa shape index (κ3) is 6.03. The van der Waals surface area contributed by atoms with Crippen LogP contribution >= 0.6 is 0 Å². The molecular weight excluding hydrogens is 258 g/mol. The first kappa shape index (κ1) is 15.6. The van der Waals surface area contributed by atoms with Crippen molar-refractivity contribution in [2.45, 2.75) is 52.0 Å². The van der Waals surface area contributed by atoms with Gasteiger partial charge in [-0.3, -0.25) is 4.68 Å². The molecule has 1 heterocycles. The molecule has 0 radical (unpaired) electrons. The number of nitrogens with one attached hydrogen (secondary N) is 1. The van der Waals surface area contributed by atoms with Gasteiger partial charge in [-0.1, -0.05) is 69.4 Å². The maximum Gasteiger partial charge on any atom is 0.0726 e. The number of anilines is 1. The lowest BCUT2D eigenvalue weighted by Gasteiger charge is -2.03. The van der Waals surface area contributed by atoms with Crippen LogP contribution in [0.1, 0.15) is 51.0 Å². The molecule has 0 saturated heterocycles. The highest BCUT2D eigenvalue weighted by molar-refractivity contribution is 5.38. The van der Waals surface area contributed by atoms with Gasteiger partial charge in [-0.25, -0.2) is 0 Å². The molecule has 0 atom stereocenters. The zero-order valence-electron chi connectivity index (χ0n) is 13.1. The monoisotopic (exact) mass is 285 g/mol. The van der Waals surface area contributed by atoms with Crippen LogP contribution in [0.5, 0.6) is 0 Å². The number of rotatable bonds is 10. The summed E-state index contributed by atoms with van der Waals surface area (Å²) in [4.78, 5) is 0. The molecule has 2 aromatic rings. The Morgan fingerprint density at radius 2 is 1.76 bits per heavy atom. The van der Waals surface area contributed by atoms with Crippen LogP contribution in [0.15, 0.2) is 42.7 Å². The van der Waals surface area contributed by atoms with E-state index in [-0.39, 0.29) is 0 Å². The Bertz CT molecular complexity index is 490. The van der Waals surface area contributed by atoms with Crippen molar-refractivity contribution in [3.63, 3.8) is 0 Å². The van der Waals surface area contributed by atoms with Gasteiger partial charge in [0.2, 0.25) is 0 Å². The second-order valence-electron chi connectivity index (χ2n) is 5.61. The number of hydrogen-bond donors (Lipinski definition) is 1. The quantitative estimate of drug-likeness (QED) is 0.641. The summed E-state index contributed by atoms with van der Waals surface area (Å²) in [5.41, 5.74) is 2.41. The van der Waals surface area contributed by atoms with E-state index >= 15 is 0 Å². The Morgan fingerprint density at radius 1 is 1.00 bits per heavy atom. The van der Waals surface area contributed by atoms with Gasteiger partial charge >= 0.3 is 0 Å². The van der Waals surface area contributed by atoms with E-state index in [1.54, 1.807) is 0 Å². The highest BCUT2D eigenvalue weighted by atomic mass is 15.3. The lowest BCUT2D eigenvalue weighted by molar-refractivity contribution is 0.617. The van der Waals surface area contributed by atoms with Crippen LogP contribution in [0, 0.1) is 0 Å². The third-order valence-electron chi connectivity index (χ3n) is 3.68. The molecule has 114 valence electrons. The van der Waals surface area contributed by atoms with Crippen molar-refractivity contribution in [3.05, 3.63) is 48.3 Å². The van der Waals surface area contributed by atoms with Crippen LogP contribution in [-0.4, -0.2) is 16.3 Å². The van der Waals surface area contributed by atoms with Gasteiger partial charge in [-0.15, -0.1) is 0 Å². The van der Waals surface area contributed by atoms with Gasteiger partial charge in [0.25, 0.3) is 0 Å². The first-order valence-electron chi connectivity index (χ1n) is 8.18. The van der Waals surface area contributed by atoms with Gasteiger partial charge in [0.05, 0.1) is 18.4 Å². The molecule has 21 heavy (non-hydrogen) atoms. The van der Waals surface area contributed by atoms with Crippen molar-refractivity contribution in [1.82, 2.24) is 9.78 Å². The Balaban J connectivity index is 1.64. The summed E-state index contributed by atoms with van der Waals surface area (Å²) < 4.78 is 1.99. The summed E-state index contributed by atoms with van der Waals surface area (Å²) in [5, 5.41) is 7.86. The molecule has 1 aromatic heterocycles. The summed E-state index contributed by atoms with van der Waals surface area (Å²) >= 11 is 0. The summed E-state index contributed by atoms with van der Waals surface area (Å²) in [6, 6.07) is 10.4. The van der Waals surface area contributed by atoms with Crippen molar-refractivity contribution in [2.24, 2.45) is 0 Å². The molecule has 0 spiro atoms. The largest absolute Gasteiger partial charge is 0.383 e. The lowest BCUT2D eigenvalue weighted by Crippen LogP contribution is -2.01. The summed E-state index contributed by atoms with van der Waals surface area (Å²) in [5.74, 6) is 0. The number of benzene rings is 1. The van der Waals surface area contributed by atoms with Crippen LogP contribution in [0.3, 0.4) is 0 Å². The Hall–Kier alpha value is -1.77. The van der Waals surface area contributed by atoms with Crippen molar-refractivity contribution < 1.29 is 0 Å². The predicted octanol–water partition coefficient (Wildman–Crippen LogP) is 4.70. The van der Waals surface area contributed by atoms with Crippen molar-refractivity contribution >= 4 is 5.69 Å². The average molecular weight is 285 g/mol. The molecule has 1 N–H and O–H groups in total. The van der Waals surface area contributed by atoms with Crippen LogP contribution < -0.4 is 5.32 Å². The molecule has 0 fully saturated rings. The number of unbranched alkanes of at least 4 members (excludes halogenated alkanes) is 5. The topological polar surface area (TPSA) is 29.9 Å². The minimum atomic E-state index is 0.833. The van der Waals surface area contributed by atoms with Gasteiger partial charge < -0.3 is 5.32 Å². The highest BCUT2D eigenvalue weighted by Crippen LogP contribution is 2.09. The van der Waals surface area contributed by atoms with Crippen molar-refractivity contribution in [2.75, 3.05) is 11.9 Å². The summed E-state index contributed by atoms with van der Waals surface area (Å²) in [7, 11) is 0. The predicted molar refractivity (Wildman–Crippen MR) is 89.6 cm³/mol. The van der Waals surface area contributed by atoms with E-state index in [1.807, 2.05) is 16.9 Å². The summed E-state index contributed by atoms with van der Waals surface area (Å²) in [6.45, 7) is 4.14.